The number of halogens is 2. The third-order valence-electron chi connectivity index (χ3n) is 4.17. The van der Waals surface area contributed by atoms with Gasteiger partial charge in [0.15, 0.2) is 0 Å². The normalized spacial score (nSPS) is 17.6. The van der Waals surface area contributed by atoms with Crippen LogP contribution in [-0.4, -0.2) is 48.0 Å². The SMILES string of the molecule is CCC(C)C(N)C(=O)N1CCN(c2ccc(Cl)cn2)CC1.Cl. The lowest BCUT2D eigenvalue weighted by Crippen LogP contribution is -2.54. The molecule has 2 unspecified atom stereocenters. The number of nitrogens with zero attached hydrogens (tertiary/aromatic N) is 3. The van der Waals surface area contributed by atoms with Crippen LogP contribution < -0.4 is 10.6 Å². The summed E-state index contributed by atoms with van der Waals surface area (Å²) in [5, 5.41) is 0.632. The van der Waals surface area contributed by atoms with E-state index in [1.165, 1.54) is 0 Å². The molecular weight excluding hydrogens is 323 g/mol. The Morgan fingerprint density at radius 3 is 2.50 bits per heavy atom. The summed E-state index contributed by atoms with van der Waals surface area (Å²) in [6.45, 7) is 7.00. The molecular formula is C15H24Cl2N4O. The fourth-order valence-corrected chi connectivity index (χ4v) is 2.53. The van der Waals surface area contributed by atoms with Crippen LogP contribution >= 0.6 is 24.0 Å². The third-order valence-corrected chi connectivity index (χ3v) is 4.39. The van der Waals surface area contributed by atoms with Crippen LogP contribution in [0, 0.1) is 5.92 Å². The van der Waals surface area contributed by atoms with E-state index in [0.717, 1.165) is 25.3 Å². The Bertz CT molecular complexity index is 475. The van der Waals surface area contributed by atoms with E-state index in [1.807, 2.05) is 24.0 Å². The number of nitrogens with two attached hydrogens (primary N) is 1. The molecule has 0 aliphatic carbocycles. The summed E-state index contributed by atoms with van der Waals surface area (Å²) in [5.41, 5.74) is 6.03. The van der Waals surface area contributed by atoms with Crippen molar-refractivity contribution in [3.63, 3.8) is 0 Å². The van der Waals surface area contributed by atoms with Crippen LogP contribution in [0.1, 0.15) is 20.3 Å². The number of hydrogen-bond donors (Lipinski definition) is 1. The Morgan fingerprint density at radius 1 is 1.36 bits per heavy atom. The summed E-state index contributed by atoms with van der Waals surface area (Å²) in [6.07, 6.45) is 2.56. The molecule has 22 heavy (non-hydrogen) atoms. The maximum absolute atomic E-state index is 12.3. The van der Waals surface area contributed by atoms with Crippen molar-refractivity contribution in [2.45, 2.75) is 26.3 Å². The van der Waals surface area contributed by atoms with E-state index in [0.29, 0.717) is 18.1 Å². The van der Waals surface area contributed by atoms with Crippen molar-refractivity contribution in [3.8, 4) is 0 Å². The van der Waals surface area contributed by atoms with Crippen LogP contribution in [0.25, 0.3) is 0 Å². The van der Waals surface area contributed by atoms with Gasteiger partial charge in [-0.25, -0.2) is 4.98 Å². The summed E-state index contributed by atoms with van der Waals surface area (Å²) in [7, 11) is 0. The van der Waals surface area contributed by atoms with Gasteiger partial charge in [0.25, 0.3) is 0 Å². The highest BCUT2D eigenvalue weighted by molar-refractivity contribution is 6.30. The Morgan fingerprint density at radius 2 is 2.00 bits per heavy atom. The smallest absolute Gasteiger partial charge is 0.239 e. The largest absolute Gasteiger partial charge is 0.353 e. The highest BCUT2D eigenvalue weighted by Gasteiger charge is 2.28. The van der Waals surface area contributed by atoms with Crippen molar-refractivity contribution in [2.75, 3.05) is 31.1 Å². The Hall–Kier alpha value is -1.04. The monoisotopic (exact) mass is 346 g/mol. The first kappa shape index (κ1) is 19.0. The second-order valence-electron chi connectivity index (χ2n) is 5.56. The van der Waals surface area contributed by atoms with Crippen LogP contribution in [0.4, 0.5) is 5.82 Å². The molecule has 1 aliphatic rings. The van der Waals surface area contributed by atoms with Gasteiger partial charge in [0, 0.05) is 32.4 Å². The number of amides is 1. The van der Waals surface area contributed by atoms with Gasteiger partial charge in [0.2, 0.25) is 5.91 Å². The summed E-state index contributed by atoms with van der Waals surface area (Å²) in [6, 6.07) is 3.35. The number of rotatable bonds is 4. The molecule has 1 amide bonds. The first-order valence-electron chi connectivity index (χ1n) is 7.43. The van der Waals surface area contributed by atoms with Gasteiger partial charge in [-0.1, -0.05) is 31.9 Å². The number of piperazine rings is 1. The molecule has 0 radical (unpaired) electrons. The molecule has 0 aromatic carbocycles. The van der Waals surface area contributed by atoms with Gasteiger partial charge in [-0.15, -0.1) is 12.4 Å². The molecule has 2 atom stereocenters. The standard InChI is InChI=1S/C15H23ClN4O.ClH/c1-3-11(2)14(17)15(21)20-8-6-19(7-9-20)13-5-4-12(16)10-18-13;/h4-5,10-11,14H,3,6-9,17H2,1-2H3;1H. The molecule has 124 valence electrons. The molecule has 0 spiro atoms. The second-order valence-corrected chi connectivity index (χ2v) is 5.99. The van der Waals surface area contributed by atoms with E-state index < -0.39 is 6.04 Å². The molecule has 7 heteroatoms. The Labute approximate surface area is 143 Å². The van der Waals surface area contributed by atoms with E-state index in [-0.39, 0.29) is 24.2 Å². The zero-order valence-corrected chi connectivity index (χ0v) is 14.6. The molecule has 2 heterocycles. The number of pyridine rings is 1. The average molecular weight is 347 g/mol. The first-order valence-corrected chi connectivity index (χ1v) is 7.81. The maximum Gasteiger partial charge on any atom is 0.239 e. The van der Waals surface area contributed by atoms with Gasteiger partial charge in [-0.2, -0.15) is 0 Å². The summed E-state index contributed by atoms with van der Waals surface area (Å²) in [5.74, 6) is 1.18. The Kier molecular flexibility index (Phi) is 7.39. The number of carbonyl (C=O) groups excluding carboxylic acids is 1. The quantitative estimate of drug-likeness (QED) is 0.907. The summed E-state index contributed by atoms with van der Waals surface area (Å²) < 4.78 is 0. The molecule has 0 saturated carbocycles. The van der Waals surface area contributed by atoms with Crippen molar-refractivity contribution in [1.29, 1.82) is 0 Å². The van der Waals surface area contributed by atoms with Crippen LogP contribution in [0.3, 0.4) is 0 Å². The molecule has 1 fully saturated rings. The second kappa shape index (κ2) is 8.56. The van der Waals surface area contributed by atoms with Crippen molar-refractivity contribution in [1.82, 2.24) is 9.88 Å². The minimum Gasteiger partial charge on any atom is -0.353 e. The highest BCUT2D eigenvalue weighted by atomic mass is 35.5. The predicted molar refractivity (Wildman–Crippen MR) is 92.7 cm³/mol. The van der Waals surface area contributed by atoms with E-state index in [1.54, 1.807) is 6.20 Å². The van der Waals surface area contributed by atoms with Crippen molar-refractivity contribution < 1.29 is 4.79 Å². The van der Waals surface area contributed by atoms with Gasteiger partial charge in [0.1, 0.15) is 5.82 Å². The molecule has 2 N–H and O–H groups in total. The van der Waals surface area contributed by atoms with Gasteiger partial charge in [-0.05, 0) is 18.1 Å². The molecule has 1 saturated heterocycles. The number of aromatic nitrogens is 1. The number of anilines is 1. The van der Waals surface area contributed by atoms with Crippen LogP contribution in [-0.2, 0) is 4.79 Å². The molecule has 2 rings (SSSR count). The predicted octanol–water partition coefficient (Wildman–Crippen LogP) is 2.18. The van der Waals surface area contributed by atoms with E-state index >= 15 is 0 Å². The first-order chi connectivity index (χ1) is 10.0. The number of hydrogen-bond acceptors (Lipinski definition) is 4. The van der Waals surface area contributed by atoms with E-state index in [9.17, 15) is 4.79 Å². The average Bonchev–Trinajstić information content (AvgIpc) is 2.53. The third kappa shape index (κ3) is 4.48. The minimum absolute atomic E-state index is 0. The topological polar surface area (TPSA) is 62.5 Å². The molecule has 0 bridgehead atoms. The number of carbonyl (C=O) groups is 1. The van der Waals surface area contributed by atoms with Crippen LogP contribution in [0.2, 0.25) is 5.02 Å². The fraction of sp³-hybridized carbons (Fsp3) is 0.600. The highest BCUT2D eigenvalue weighted by Crippen LogP contribution is 2.17. The molecule has 5 nitrogen and oxygen atoms in total. The van der Waals surface area contributed by atoms with Gasteiger partial charge >= 0.3 is 0 Å². The lowest BCUT2D eigenvalue weighted by atomic mass is 9.98. The maximum atomic E-state index is 12.3. The molecule has 1 aromatic rings. The lowest BCUT2D eigenvalue weighted by molar-refractivity contribution is -0.134. The lowest BCUT2D eigenvalue weighted by Gasteiger charge is -2.37. The zero-order valence-electron chi connectivity index (χ0n) is 13.0. The molecule has 1 aromatic heterocycles. The van der Waals surface area contributed by atoms with E-state index in [2.05, 4.69) is 16.8 Å². The fourth-order valence-electron chi connectivity index (χ4n) is 2.42. The summed E-state index contributed by atoms with van der Waals surface area (Å²) >= 11 is 5.85. The van der Waals surface area contributed by atoms with Gasteiger partial charge in [0.05, 0.1) is 11.1 Å². The van der Waals surface area contributed by atoms with Crippen LogP contribution in [0.15, 0.2) is 18.3 Å². The van der Waals surface area contributed by atoms with E-state index in [4.69, 9.17) is 17.3 Å². The zero-order chi connectivity index (χ0) is 15.4. The van der Waals surface area contributed by atoms with Gasteiger partial charge in [-0.3, -0.25) is 4.79 Å². The van der Waals surface area contributed by atoms with Crippen molar-refractivity contribution >= 4 is 35.7 Å². The molecule has 1 aliphatic heterocycles. The Balaban J connectivity index is 0.00000242. The van der Waals surface area contributed by atoms with Crippen LogP contribution in [0.5, 0.6) is 0 Å². The van der Waals surface area contributed by atoms with Crippen molar-refractivity contribution in [2.24, 2.45) is 11.7 Å². The minimum atomic E-state index is -0.393. The van der Waals surface area contributed by atoms with Crippen molar-refractivity contribution in [3.05, 3.63) is 23.4 Å². The summed E-state index contributed by atoms with van der Waals surface area (Å²) in [4.78, 5) is 20.7. The van der Waals surface area contributed by atoms with Gasteiger partial charge < -0.3 is 15.5 Å².